The first-order valence-electron chi connectivity index (χ1n) is 6.32. The number of anilines is 1. The minimum atomic E-state index is -1.06. The minimum absolute atomic E-state index is 0.0524. The molecule has 1 aromatic carbocycles. The molecule has 0 aliphatic carbocycles. The monoisotopic (exact) mass is 288 g/mol. The molecule has 0 aliphatic rings. The fraction of sp³-hybridized carbons (Fsp3) is 0.200. The standard InChI is InChI=1S/C15H16N2O4/c1-16(11-6-3-4-8-13(11)21-2)14(18)10-17-9-5-7-12(17)15(19)20/h3-9H,10H2,1-2H3,(H,19,20). The van der Waals surface area contributed by atoms with Gasteiger partial charge in [-0.15, -0.1) is 0 Å². The zero-order valence-electron chi connectivity index (χ0n) is 11.8. The van der Waals surface area contributed by atoms with E-state index in [9.17, 15) is 9.59 Å². The maximum Gasteiger partial charge on any atom is 0.352 e. The molecular weight excluding hydrogens is 272 g/mol. The van der Waals surface area contributed by atoms with Crippen molar-refractivity contribution in [2.75, 3.05) is 19.1 Å². The van der Waals surface area contributed by atoms with Crippen molar-refractivity contribution in [1.29, 1.82) is 0 Å². The Bertz CT molecular complexity index is 663. The number of hydrogen-bond donors (Lipinski definition) is 1. The van der Waals surface area contributed by atoms with Crippen LogP contribution < -0.4 is 9.64 Å². The summed E-state index contributed by atoms with van der Waals surface area (Å²) in [5.74, 6) is -0.717. The van der Waals surface area contributed by atoms with Gasteiger partial charge in [-0.1, -0.05) is 12.1 Å². The van der Waals surface area contributed by atoms with Gasteiger partial charge in [0.05, 0.1) is 12.8 Å². The van der Waals surface area contributed by atoms with Crippen molar-refractivity contribution in [1.82, 2.24) is 4.57 Å². The summed E-state index contributed by atoms with van der Waals surface area (Å²) >= 11 is 0. The zero-order chi connectivity index (χ0) is 15.4. The molecule has 0 radical (unpaired) electrons. The van der Waals surface area contributed by atoms with Gasteiger partial charge in [0.25, 0.3) is 0 Å². The lowest BCUT2D eigenvalue weighted by molar-refractivity contribution is -0.118. The van der Waals surface area contributed by atoms with Crippen LogP contribution in [0.2, 0.25) is 0 Å². The van der Waals surface area contributed by atoms with Crippen LogP contribution in [0.15, 0.2) is 42.6 Å². The maximum absolute atomic E-state index is 12.3. The lowest BCUT2D eigenvalue weighted by atomic mass is 10.2. The van der Waals surface area contributed by atoms with Gasteiger partial charge in [-0.25, -0.2) is 4.79 Å². The zero-order valence-corrected chi connectivity index (χ0v) is 11.8. The minimum Gasteiger partial charge on any atom is -0.495 e. The van der Waals surface area contributed by atoms with Crippen LogP contribution >= 0.6 is 0 Å². The summed E-state index contributed by atoms with van der Waals surface area (Å²) < 4.78 is 6.62. The molecule has 0 saturated carbocycles. The molecule has 0 bridgehead atoms. The Kier molecular flexibility index (Phi) is 4.27. The third-order valence-electron chi connectivity index (χ3n) is 3.17. The molecule has 2 rings (SSSR count). The summed E-state index contributed by atoms with van der Waals surface area (Å²) in [6.07, 6.45) is 1.57. The highest BCUT2D eigenvalue weighted by Crippen LogP contribution is 2.26. The Hall–Kier alpha value is -2.76. The second-order valence-electron chi connectivity index (χ2n) is 4.45. The van der Waals surface area contributed by atoms with Crippen molar-refractivity contribution in [2.24, 2.45) is 0 Å². The number of aromatic carboxylic acids is 1. The molecule has 1 N–H and O–H groups in total. The van der Waals surface area contributed by atoms with E-state index in [1.54, 1.807) is 37.5 Å². The highest BCUT2D eigenvalue weighted by molar-refractivity contribution is 5.95. The van der Waals surface area contributed by atoms with Crippen LogP contribution in [-0.2, 0) is 11.3 Å². The summed E-state index contributed by atoms with van der Waals surface area (Å²) in [4.78, 5) is 24.8. The number of hydrogen-bond acceptors (Lipinski definition) is 3. The van der Waals surface area contributed by atoms with E-state index in [2.05, 4.69) is 0 Å². The van der Waals surface area contributed by atoms with Gasteiger partial charge in [0.1, 0.15) is 18.0 Å². The molecule has 0 unspecified atom stereocenters. The fourth-order valence-electron chi connectivity index (χ4n) is 2.04. The molecule has 110 valence electrons. The molecule has 0 fully saturated rings. The number of likely N-dealkylation sites (N-methyl/N-ethyl adjacent to an activating group) is 1. The van der Waals surface area contributed by atoms with Crippen LogP contribution in [0.4, 0.5) is 5.69 Å². The molecule has 2 aromatic rings. The fourth-order valence-corrected chi connectivity index (χ4v) is 2.04. The van der Waals surface area contributed by atoms with Crippen LogP contribution in [0, 0.1) is 0 Å². The van der Waals surface area contributed by atoms with Crippen LogP contribution in [0.1, 0.15) is 10.5 Å². The van der Waals surface area contributed by atoms with Gasteiger partial charge in [-0.2, -0.15) is 0 Å². The van der Waals surface area contributed by atoms with Gasteiger partial charge in [0.2, 0.25) is 5.91 Å². The SMILES string of the molecule is COc1ccccc1N(C)C(=O)Cn1cccc1C(=O)O. The smallest absolute Gasteiger partial charge is 0.352 e. The Morgan fingerprint density at radius 3 is 2.62 bits per heavy atom. The lowest BCUT2D eigenvalue weighted by Gasteiger charge is -2.20. The molecule has 6 nitrogen and oxygen atoms in total. The number of carboxylic acid groups (broad SMARTS) is 1. The van der Waals surface area contributed by atoms with Gasteiger partial charge in [0.15, 0.2) is 0 Å². The quantitative estimate of drug-likeness (QED) is 0.911. The van der Waals surface area contributed by atoms with Crippen molar-refractivity contribution in [3.8, 4) is 5.75 Å². The van der Waals surface area contributed by atoms with Gasteiger partial charge >= 0.3 is 5.97 Å². The second kappa shape index (κ2) is 6.13. The van der Waals surface area contributed by atoms with E-state index >= 15 is 0 Å². The molecule has 0 atom stereocenters. The first-order chi connectivity index (χ1) is 10.0. The van der Waals surface area contributed by atoms with E-state index in [0.29, 0.717) is 11.4 Å². The Balaban J connectivity index is 2.20. The van der Waals surface area contributed by atoms with E-state index in [4.69, 9.17) is 9.84 Å². The third-order valence-corrected chi connectivity index (χ3v) is 3.17. The van der Waals surface area contributed by atoms with Crippen molar-refractivity contribution in [3.63, 3.8) is 0 Å². The van der Waals surface area contributed by atoms with Crippen LogP contribution in [0.5, 0.6) is 5.75 Å². The molecule has 1 aromatic heterocycles. The summed E-state index contributed by atoms with van der Waals surface area (Å²) in [5.41, 5.74) is 0.714. The van der Waals surface area contributed by atoms with Crippen molar-refractivity contribution >= 4 is 17.6 Å². The van der Waals surface area contributed by atoms with Crippen LogP contribution in [-0.4, -0.2) is 35.7 Å². The highest BCUT2D eigenvalue weighted by Gasteiger charge is 2.17. The number of methoxy groups -OCH3 is 1. The van der Waals surface area contributed by atoms with Crippen molar-refractivity contribution in [3.05, 3.63) is 48.3 Å². The lowest BCUT2D eigenvalue weighted by Crippen LogP contribution is -2.31. The van der Waals surface area contributed by atoms with Crippen LogP contribution in [0.3, 0.4) is 0 Å². The van der Waals surface area contributed by atoms with Crippen molar-refractivity contribution in [2.45, 2.75) is 6.54 Å². The van der Waals surface area contributed by atoms with Gasteiger partial charge in [-0.05, 0) is 24.3 Å². The molecule has 1 amide bonds. The number of rotatable bonds is 5. The largest absolute Gasteiger partial charge is 0.495 e. The average Bonchev–Trinajstić information content (AvgIpc) is 2.94. The number of carboxylic acids is 1. The summed E-state index contributed by atoms with van der Waals surface area (Å²) in [6, 6.07) is 10.2. The number of ether oxygens (including phenoxy) is 1. The molecule has 1 heterocycles. The summed E-state index contributed by atoms with van der Waals surface area (Å²) in [6.45, 7) is -0.0524. The number of carbonyl (C=O) groups is 2. The molecule has 21 heavy (non-hydrogen) atoms. The first-order valence-corrected chi connectivity index (χ1v) is 6.32. The summed E-state index contributed by atoms with van der Waals surface area (Å²) in [7, 11) is 3.16. The molecule has 0 spiro atoms. The maximum atomic E-state index is 12.3. The normalized spacial score (nSPS) is 10.2. The number of amides is 1. The van der Waals surface area contributed by atoms with E-state index in [0.717, 1.165) is 0 Å². The Morgan fingerprint density at radius 2 is 1.95 bits per heavy atom. The Morgan fingerprint density at radius 1 is 1.24 bits per heavy atom. The highest BCUT2D eigenvalue weighted by atomic mass is 16.5. The predicted molar refractivity (Wildman–Crippen MR) is 77.8 cm³/mol. The van der Waals surface area contributed by atoms with Gasteiger partial charge < -0.3 is 19.3 Å². The second-order valence-corrected chi connectivity index (χ2v) is 4.45. The van der Waals surface area contributed by atoms with Gasteiger partial charge in [-0.3, -0.25) is 4.79 Å². The predicted octanol–water partition coefficient (Wildman–Crippen LogP) is 1.86. The van der Waals surface area contributed by atoms with Crippen LogP contribution in [0.25, 0.3) is 0 Å². The van der Waals surface area contributed by atoms with E-state index in [1.165, 1.54) is 22.6 Å². The first kappa shape index (κ1) is 14.6. The molecule has 6 heteroatoms. The number of nitrogens with zero attached hydrogens (tertiary/aromatic N) is 2. The van der Waals surface area contributed by atoms with E-state index in [1.807, 2.05) is 6.07 Å². The number of para-hydroxylation sites is 2. The van der Waals surface area contributed by atoms with E-state index < -0.39 is 5.97 Å². The van der Waals surface area contributed by atoms with Gasteiger partial charge in [0, 0.05) is 13.2 Å². The molecule has 0 saturated heterocycles. The Labute approximate surface area is 122 Å². The third kappa shape index (κ3) is 3.05. The number of carbonyl (C=O) groups excluding carboxylic acids is 1. The number of benzene rings is 1. The molecule has 0 aliphatic heterocycles. The van der Waals surface area contributed by atoms with Crippen molar-refractivity contribution < 1.29 is 19.4 Å². The van der Waals surface area contributed by atoms with E-state index in [-0.39, 0.29) is 18.1 Å². The topological polar surface area (TPSA) is 71.8 Å². The molecular formula is C15H16N2O4. The number of aromatic nitrogens is 1. The summed E-state index contributed by atoms with van der Waals surface area (Å²) in [5, 5.41) is 9.04. The average molecular weight is 288 g/mol.